The van der Waals surface area contributed by atoms with E-state index in [4.69, 9.17) is 26.8 Å². The van der Waals surface area contributed by atoms with Crippen molar-refractivity contribution >= 4 is 34.8 Å². The number of hydrogen-bond acceptors (Lipinski definition) is 6. The highest BCUT2D eigenvalue weighted by molar-refractivity contribution is 6.30. The highest BCUT2D eigenvalue weighted by Gasteiger charge is 2.34. The van der Waals surface area contributed by atoms with Gasteiger partial charge in [-0.15, -0.1) is 0 Å². The van der Waals surface area contributed by atoms with Gasteiger partial charge in [0.2, 0.25) is 0 Å². The van der Waals surface area contributed by atoms with Crippen molar-refractivity contribution in [2.24, 2.45) is 7.05 Å². The van der Waals surface area contributed by atoms with Crippen molar-refractivity contribution in [3.8, 4) is 17.0 Å². The van der Waals surface area contributed by atoms with E-state index in [-0.39, 0.29) is 17.9 Å². The standard InChI is InChI=1S/C35H38ClN5O4/c1-22-28(34(42)38-26-10-8-25(36)9-11-26)18-32(39(22)2)29-19-33(44-3)31(37)17-30(29)35(43)41-20-24-7-5-4-6-23(24)16-27(41)21-40-12-14-45-15-13-40/h4-11,17-19,27H,12-16,20-21,37H2,1-3H3,(H,38,42)/t27-/m0/s1. The fourth-order valence-electron chi connectivity index (χ4n) is 6.31. The van der Waals surface area contributed by atoms with E-state index in [1.54, 1.807) is 43.5 Å². The summed E-state index contributed by atoms with van der Waals surface area (Å²) < 4.78 is 13.1. The van der Waals surface area contributed by atoms with Crippen LogP contribution in [0, 0.1) is 6.92 Å². The zero-order valence-corrected chi connectivity index (χ0v) is 26.6. The number of methoxy groups -OCH3 is 1. The van der Waals surface area contributed by atoms with Gasteiger partial charge in [-0.25, -0.2) is 0 Å². The lowest BCUT2D eigenvalue weighted by molar-refractivity contribution is 0.0193. The number of nitrogen functional groups attached to an aromatic ring is 1. The molecule has 2 aliphatic heterocycles. The number of ether oxygens (including phenoxy) is 2. The maximum Gasteiger partial charge on any atom is 0.257 e. The molecule has 0 unspecified atom stereocenters. The minimum Gasteiger partial charge on any atom is -0.495 e. The second-order valence-corrected chi connectivity index (χ2v) is 12.1. The molecule has 1 aromatic heterocycles. The van der Waals surface area contributed by atoms with Crippen molar-refractivity contribution in [2.45, 2.75) is 25.9 Å². The number of rotatable bonds is 7. The lowest BCUT2D eigenvalue weighted by Gasteiger charge is -2.40. The minimum absolute atomic E-state index is 0.0301. The molecule has 1 atom stereocenters. The predicted octanol–water partition coefficient (Wildman–Crippen LogP) is 5.40. The van der Waals surface area contributed by atoms with Crippen LogP contribution >= 0.6 is 11.6 Å². The SMILES string of the molecule is COc1cc(-c2cc(C(=O)Nc3ccc(Cl)cc3)c(C)n2C)c(C(=O)N2Cc3ccccc3C[C@H]2CN2CCOCC2)cc1N. The van der Waals surface area contributed by atoms with Crippen LogP contribution in [0.5, 0.6) is 5.75 Å². The third-order valence-corrected chi connectivity index (χ3v) is 9.20. The average molecular weight is 628 g/mol. The van der Waals surface area contributed by atoms with E-state index in [9.17, 15) is 9.59 Å². The van der Waals surface area contributed by atoms with Crippen molar-refractivity contribution in [3.63, 3.8) is 0 Å². The van der Waals surface area contributed by atoms with E-state index in [2.05, 4.69) is 28.4 Å². The van der Waals surface area contributed by atoms with Crippen LogP contribution in [0.25, 0.3) is 11.3 Å². The summed E-state index contributed by atoms with van der Waals surface area (Å²) in [5, 5.41) is 3.54. The molecule has 9 nitrogen and oxygen atoms in total. The third kappa shape index (κ3) is 6.29. The van der Waals surface area contributed by atoms with Gasteiger partial charge < -0.3 is 30.0 Å². The summed E-state index contributed by atoms with van der Waals surface area (Å²) in [4.78, 5) is 32.5. The first-order valence-corrected chi connectivity index (χ1v) is 15.5. The van der Waals surface area contributed by atoms with Gasteiger partial charge in [-0.1, -0.05) is 35.9 Å². The highest BCUT2D eigenvalue weighted by Crippen LogP contribution is 2.37. The molecule has 1 saturated heterocycles. The first-order chi connectivity index (χ1) is 21.7. The van der Waals surface area contributed by atoms with Gasteiger partial charge in [0.25, 0.3) is 11.8 Å². The molecule has 2 aliphatic rings. The molecular formula is C35H38ClN5O4. The number of amides is 2. The molecule has 45 heavy (non-hydrogen) atoms. The molecule has 0 spiro atoms. The van der Waals surface area contributed by atoms with Crippen LogP contribution in [-0.2, 0) is 24.8 Å². The molecule has 0 radical (unpaired) electrons. The Morgan fingerprint density at radius 1 is 1.02 bits per heavy atom. The molecule has 0 saturated carbocycles. The Balaban J connectivity index is 1.39. The van der Waals surface area contributed by atoms with Crippen molar-refractivity contribution in [1.29, 1.82) is 0 Å². The van der Waals surface area contributed by atoms with Gasteiger partial charge >= 0.3 is 0 Å². The summed E-state index contributed by atoms with van der Waals surface area (Å²) in [5.41, 5.74) is 12.9. The number of carbonyl (C=O) groups is 2. The average Bonchev–Trinajstić information content (AvgIpc) is 3.35. The van der Waals surface area contributed by atoms with E-state index in [1.165, 1.54) is 5.56 Å². The third-order valence-electron chi connectivity index (χ3n) is 8.95. The van der Waals surface area contributed by atoms with Crippen molar-refractivity contribution < 1.29 is 19.1 Å². The molecule has 3 aromatic carbocycles. The molecule has 0 bridgehead atoms. The fraction of sp³-hybridized carbons (Fsp3) is 0.314. The van der Waals surface area contributed by atoms with Gasteiger partial charge in [0.1, 0.15) is 5.75 Å². The number of hydrogen-bond donors (Lipinski definition) is 2. The van der Waals surface area contributed by atoms with Gasteiger partial charge in [0.05, 0.1) is 37.1 Å². The Morgan fingerprint density at radius 2 is 1.73 bits per heavy atom. The zero-order chi connectivity index (χ0) is 31.7. The van der Waals surface area contributed by atoms with Crippen molar-refractivity contribution in [1.82, 2.24) is 14.4 Å². The molecule has 3 heterocycles. The summed E-state index contributed by atoms with van der Waals surface area (Å²) >= 11 is 6.02. The van der Waals surface area contributed by atoms with Gasteiger partial charge in [-0.3, -0.25) is 14.5 Å². The largest absolute Gasteiger partial charge is 0.495 e. The number of fused-ring (bicyclic) bond motifs is 1. The zero-order valence-electron chi connectivity index (χ0n) is 25.8. The van der Waals surface area contributed by atoms with Crippen LogP contribution in [-0.4, -0.2) is 72.2 Å². The van der Waals surface area contributed by atoms with Crippen LogP contribution in [0.3, 0.4) is 0 Å². The van der Waals surface area contributed by atoms with E-state index in [0.29, 0.717) is 64.3 Å². The van der Waals surface area contributed by atoms with Gasteiger partial charge in [0.15, 0.2) is 0 Å². The van der Waals surface area contributed by atoms with Gasteiger partial charge in [-0.2, -0.15) is 0 Å². The molecule has 4 aromatic rings. The number of nitrogens with one attached hydrogen (secondary N) is 1. The lowest BCUT2D eigenvalue weighted by atomic mass is 9.92. The Labute approximate surface area is 268 Å². The van der Waals surface area contributed by atoms with Crippen LogP contribution in [0.2, 0.25) is 5.02 Å². The molecule has 10 heteroatoms. The maximum atomic E-state index is 14.7. The van der Waals surface area contributed by atoms with Gasteiger partial charge in [0, 0.05) is 66.9 Å². The van der Waals surface area contributed by atoms with Crippen molar-refractivity contribution in [2.75, 3.05) is 51.0 Å². The molecule has 1 fully saturated rings. The summed E-state index contributed by atoms with van der Waals surface area (Å²) in [6.07, 6.45) is 0.762. The lowest BCUT2D eigenvalue weighted by Crippen LogP contribution is -2.52. The molecular weight excluding hydrogens is 590 g/mol. The Hall–Kier alpha value is -4.31. The molecule has 234 valence electrons. The first kappa shape index (κ1) is 30.7. The van der Waals surface area contributed by atoms with E-state index < -0.39 is 0 Å². The quantitative estimate of drug-likeness (QED) is 0.266. The monoisotopic (exact) mass is 627 g/mol. The second-order valence-electron chi connectivity index (χ2n) is 11.7. The normalized spacial score (nSPS) is 16.7. The van der Waals surface area contributed by atoms with E-state index >= 15 is 0 Å². The summed E-state index contributed by atoms with van der Waals surface area (Å²) in [6, 6.07) is 20.6. The predicted molar refractivity (Wildman–Crippen MR) is 177 cm³/mol. The molecule has 6 rings (SSSR count). The first-order valence-electron chi connectivity index (χ1n) is 15.1. The Morgan fingerprint density at radius 3 is 2.44 bits per heavy atom. The van der Waals surface area contributed by atoms with Crippen LogP contribution in [0.4, 0.5) is 11.4 Å². The van der Waals surface area contributed by atoms with E-state index in [0.717, 1.165) is 37.3 Å². The van der Waals surface area contributed by atoms with Crippen LogP contribution in [0.15, 0.2) is 66.7 Å². The molecule has 2 amide bonds. The van der Waals surface area contributed by atoms with Crippen LogP contribution < -0.4 is 15.8 Å². The Bertz CT molecular complexity index is 1730. The summed E-state index contributed by atoms with van der Waals surface area (Å²) in [7, 11) is 3.44. The number of nitrogens with two attached hydrogens (primary N) is 1. The molecule has 0 aliphatic carbocycles. The fourth-order valence-corrected chi connectivity index (χ4v) is 6.43. The van der Waals surface area contributed by atoms with Crippen LogP contribution in [0.1, 0.15) is 37.5 Å². The summed E-state index contributed by atoms with van der Waals surface area (Å²) in [5.74, 6) is 0.0877. The molecule has 3 N–H and O–H groups in total. The smallest absolute Gasteiger partial charge is 0.257 e. The number of halogens is 1. The second kappa shape index (κ2) is 13.0. The number of aromatic nitrogens is 1. The highest BCUT2D eigenvalue weighted by atomic mass is 35.5. The van der Waals surface area contributed by atoms with Crippen molar-refractivity contribution in [3.05, 3.63) is 99.7 Å². The Kier molecular flexibility index (Phi) is 8.85. The van der Waals surface area contributed by atoms with E-state index in [1.807, 2.05) is 35.6 Å². The number of morpholine rings is 1. The number of benzene rings is 3. The summed E-state index contributed by atoms with van der Waals surface area (Å²) in [6.45, 7) is 6.19. The number of nitrogens with zero attached hydrogens (tertiary/aromatic N) is 3. The maximum absolute atomic E-state index is 14.7. The number of anilines is 2. The topological polar surface area (TPSA) is 102 Å². The number of carbonyl (C=O) groups excluding carboxylic acids is 2. The van der Waals surface area contributed by atoms with Gasteiger partial charge in [-0.05, 0) is 66.9 Å². The minimum atomic E-state index is -0.259.